The zero-order valence-electron chi connectivity index (χ0n) is 16.2. The third kappa shape index (κ3) is 4.63. The summed E-state index contributed by atoms with van der Waals surface area (Å²) in [6.07, 6.45) is 0.580. The molecule has 1 aliphatic rings. The molecular weight excluding hydrogens is 390 g/mol. The molecule has 0 saturated carbocycles. The second kappa shape index (κ2) is 8.71. The molecule has 3 heterocycles. The molecule has 1 aromatic carbocycles. The van der Waals surface area contributed by atoms with Gasteiger partial charge >= 0.3 is 0 Å². The molecule has 0 radical (unpaired) electrons. The number of carbonyl (C=O) groups excluding carboxylic acids is 1. The first-order chi connectivity index (χ1) is 14.1. The molecule has 8 nitrogen and oxygen atoms in total. The molecule has 9 heteroatoms. The van der Waals surface area contributed by atoms with Crippen molar-refractivity contribution in [1.82, 2.24) is 20.3 Å². The van der Waals surface area contributed by atoms with Crippen molar-refractivity contribution >= 4 is 33.4 Å². The monoisotopic (exact) mass is 413 g/mol. The summed E-state index contributed by atoms with van der Waals surface area (Å²) < 4.78 is 6.43. The Bertz CT molecular complexity index is 1040. The highest BCUT2D eigenvalue weighted by Gasteiger charge is 2.17. The number of hydrogen-bond acceptors (Lipinski definition) is 7. The standard InChI is InChI=1S/C20H23N5O3S/c1-13-14(19(27)24-20(22-13)25-8-10-28-11-9-25)6-7-17(26)21-12-18-23-15-4-2-3-5-16(15)29-18/h2-5H,6-12H2,1H3,(H,21,26)(H,22,24,27). The highest BCUT2D eigenvalue weighted by Crippen LogP contribution is 2.21. The first-order valence-electron chi connectivity index (χ1n) is 9.64. The predicted octanol–water partition coefficient (Wildman–Crippen LogP) is 1.77. The van der Waals surface area contributed by atoms with Crippen LogP contribution in [0.4, 0.5) is 5.95 Å². The van der Waals surface area contributed by atoms with E-state index in [1.54, 1.807) is 11.3 Å². The van der Waals surface area contributed by atoms with Gasteiger partial charge in [0.05, 0.1) is 30.0 Å². The van der Waals surface area contributed by atoms with Crippen LogP contribution in [0.3, 0.4) is 0 Å². The van der Waals surface area contributed by atoms with Gasteiger partial charge in [-0.1, -0.05) is 12.1 Å². The largest absolute Gasteiger partial charge is 0.378 e. The smallest absolute Gasteiger partial charge is 0.255 e. The van der Waals surface area contributed by atoms with Crippen LogP contribution in [0.2, 0.25) is 0 Å². The van der Waals surface area contributed by atoms with Crippen LogP contribution >= 0.6 is 11.3 Å². The van der Waals surface area contributed by atoms with Gasteiger partial charge in [0.2, 0.25) is 11.9 Å². The van der Waals surface area contributed by atoms with Crippen LogP contribution < -0.4 is 15.8 Å². The van der Waals surface area contributed by atoms with Crippen molar-refractivity contribution in [2.45, 2.75) is 26.3 Å². The number of amides is 1. The lowest BCUT2D eigenvalue weighted by atomic mass is 10.1. The molecule has 0 unspecified atom stereocenters. The third-order valence-electron chi connectivity index (χ3n) is 4.90. The van der Waals surface area contributed by atoms with E-state index in [-0.39, 0.29) is 17.9 Å². The minimum atomic E-state index is -0.182. The molecule has 152 valence electrons. The maximum atomic E-state index is 12.5. The van der Waals surface area contributed by atoms with Crippen molar-refractivity contribution < 1.29 is 9.53 Å². The Morgan fingerprint density at radius 1 is 1.28 bits per heavy atom. The number of nitrogens with one attached hydrogen (secondary N) is 2. The van der Waals surface area contributed by atoms with E-state index in [2.05, 4.69) is 20.3 Å². The second-order valence-electron chi connectivity index (χ2n) is 6.90. The number of rotatable bonds is 6. The number of aryl methyl sites for hydroxylation is 1. The summed E-state index contributed by atoms with van der Waals surface area (Å²) in [6, 6.07) is 7.89. The fraction of sp³-hybridized carbons (Fsp3) is 0.400. The molecule has 3 aromatic rings. The highest BCUT2D eigenvalue weighted by molar-refractivity contribution is 7.18. The van der Waals surface area contributed by atoms with Crippen LogP contribution in [0.15, 0.2) is 29.1 Å². The molecule has 29 heavy (non-hydrogen) atoms. The summed E-state index contributed by atoms with van der Waals surface area (Å²) in [6.45, 7) is 4.86. The number of anilines is 1. The number of H-pyrrole nitrogens is 1. The molecule has 0 bridgehead atoms. The molecule has 0 aliphatic carbocycles. The Kier molecular flexibility index (Phi) is 5.86. The number of aromatic nitrogens is 3. The van der Waals surface area contributed by atoms with E-state index in [9.17, 15) is 9.59 Å². The van der Waals surface area contributed by atoms with Crippen LogP contribution in [0, 0.1) is 6.92 Å². The molecule has 1 saturated heterocycles. The summed E-state index contributed by atoms with van der Waals surface area (Å²) in [5.74, 6) is 0.458. The molecule has 1 amide bonds. The van der Waals surface area contributed by atoms with E-state index >= 15 is 0 Å². The predicted molar refractivity (Wildman–Crippen MR) is 112 cm³/mol. The third-order valence-corrected chi connectivity index (χ3v) is 5.93. The van der Waals surface area contributed by atoms with E-state index in [4.69, 9.17) is 4.74 Å². The van der Waals surface area contributed by atoms with Gasteiger partial charge in [0.1, 0.15) is 5.01 Å². The summed E-state index contributed by atoms with van der Waals surface area (Å²) >= 11 is 1.57. The fourth-order valence-electron chi connectivity index (χ4n) is 3.31. The normalized spacial score (nSPS) is 14.3. The van der Waals surface area contributed by atoms with Crippen LogP contribution in [-0.2, 0) is 22.5 Å². The zero-order chi connectivity index (χ0) is 20.2. The van der Waals surface area contributed by atoms with Crippen molar-refractivity contribution in [1.29, 1.82) is 0 Å². The van der Waals surface area contributed by atoms with Crippen molar-refractivity contribution in [3.05, 3.63) is 50.9 Å². The van der Waals surface area contributed by atoms with Crippen molar-refractivity contribution in [2.24, 2.45) is 0 Å². The number of thiazole rings is 1. The number of aromatic amines is 1. The first-order valence-corrected chi connectivity index (χ1v) is 10.5. The number of para-hydroxylation sites is 1. The van der Waals surface area contributed by atoms with Crippen LogP contribution in [0.25, 0.3) is 10.2 Å². The second-order valence-corrected chi connectivity index (χ2v) is 8.02. The van der Waals surface area contributed by atoms with E-state index in [1.807, 2.05) is 36.1 Å². The summed E-state index contributed by atoms with van der Waals surface area (Å²) in [4.78, 5) is 38.6. The Labute approximate surface area is 171 Å². The lowest BCUT2D eigenvalue weighted by Crippen LogP contribution is -2.38. The fourth-order valence-corrected chi connectivity index (χ4v) is 4.22. The molecule has 1 aliphatic heterocycles. The number of nitrogens with zero attached hydrogens (tertiary/aromatic N) is 3. The van der Waals surface area contributed by atoms with Crippen LogP contribution in [0.1, 0.15) is 22.7 Å². The number of fused-ring (bicyclic) bond motifs is 1. The maximum Gasteiger partial charge on any atom is 0.255 e. The van der Waals surface area contributed by atoms with Gasteiger partial charge in [-0.05, 0) is 25.5 Å². The van der Waals surface area contributed by atoms with E-state index < -0.39 is 0 Å². The van der Waals surface area contributed by atoms with Crippen LogP contribution in [0.5, 0.6) is 0 Å². The Morgan fingerprint density at radius 2 is 2.07 bits per heavy atom. The Hall–Kier alpha value is -2.78. The number of benzene rings is 1. The van der Waals surface area contributed by atoms with E-state index in [0.29, 0.717) is 56.5 Å². The molecule has 1 fully saturated rings. The Balaban J connectivity index is 1.34. The molecular formula is C20H23N5O3S. The highest BCUT2D eigenvalue weighted by atomic mass is 32.1. The molecule has 0 spiro atoms. The van der Waals surface area contributed by atoms with E-state index in [0.717, 1.165) is 15.2 Å². The van der Waals surface area contributed by atoms with Crippen molar-refractivity contribution in [3.63, 3.8) is 0 Å². The van der Waals surface area contributed by atoms with Gasteiger partial charge in [-0.2, -0.15) is 0 Å². The molecule has 4 rings (SSSR count). The lowest BCUT2D eigenvalue weighted by molar-refractivity contribution is -0.121. The zero-order valence-corrected chi connectivity index (χ0v) is 17.1. The SMILES string of the molecule is Cc1nc(N2CCOCC2)[nH]c(=O)c1CCC(=O)NCc1nc2ccccc2s1. The summed E-state index contributed by atoms with van der Waals surface area (Å²) in [5.41, 5.74) is 1.97. The molecule has 2 aromatic heterocycles. The maximum absolute atomic E-state index is 12.5. The summed E-state index contributed by atoms with van der Waals surface area (Å²) in [5, 5.41) is 3.75. The van der Waals surface area contributed by atoms with Gasteiger partial charge in [0.25, 0.3) is 5.56 Å². The van der Waals surface area contributed by atoms with Gasteiger partial charge in [0.15, 0.2) is 0 Å². The molecule has 0 atom stereocenters. The lowest BCUT2D eigenvalue weighted by Gasteiger charge is -2.27. The number of carbonyl (C=O) groups is 1. The molecule has 2 N–H and O–H groups in total. The van der Waals surface area contributed by atoms with Crippen LogP contribution in [-0.4, -0.2) is 47.2 Å². The van der Waals surface area contributed by atoms with Gasteiger partial charge < -0.3 is 15.0 Å². The minimum absolute atomic E-state index is 0.111. The number of hydrogen-bond donors (Lipinski definition) is 2. The topological polar surface area (TPSA) is 100 Å². The average Bonchev–Trinajstić information content (AvgIpc) is 3.15. The van der Waals surface area contributed by atoms with Gasteiger partial charge in [0, 0.05) is 30.8 Å². The minimum Gasteiger partial charge on any atom is -0.378 e. The number of morpholine rings is 1. The van der Waals surface area contributed by atoms with Crippen molar-refractivity contribution in [3.8, 4) is 0 Å². The summed E-state index contributed by atoms with van der Waals surface area (Å²) in [7, 11) is 0. The van der Waals surface area contributed by atoms with E-state index in [1.165, 1.54) is 0 Å². The average molecular weight is 414 g/mol. The van der Waals surface area contributed by atoms with Gasteiger partial charge in [-0.3, -0.25) is 14.6 Å². The first kappa shape index (κ1) is 19.5. The van der Waals surface area contributed by atoms with Crippen molar-refractivity contribution in [2.75, 3.05) is 31.2 Å². The van der Waals surface area contributed by atoms with Gasteiger partial charge in [-0.25, -0.2) is 9.97 Å². The Morgan fingerprint density at radius 3 is 2.83 bits per heavy atom. The number of ether oxygens (including phenoxy) is 1. The quantitative estimate of drug-likeness (QED) is 0.639. The van der Waals surface area contributed by atoms with Gasteiger partial charge in [-0.15, -0.1) is 11.3 Å².